The lowest BCUT2D eigenvalue weighted by Crippen LogP contribution is -2.33. The largest absolute Gasteiger partial charge is 0.491 e. The van der Waals surface area contributed by atoms with Gasteiger partial charge < -0.3 is 19.7 Å². The smallest absolute Gasteiger partial charge is 0.243 e. The lowest BCUT2D eigenvalue weighted by molar-refractivity contribution is -0.116. The van der Waals surface area contributed by atoms with E-state index in [0.717, 1.165) is 18.5 Å². The van der Waals surface area contributed by atoms with Crippen LogP contribution in [-0.2, 0) is 4.79 Å². The summed E-state index contributed by atoms with van der Waals surface area (Å²) in [4.78, 5) is 14.5. The van der Waals surface area contributed by atoms with Crippen LogP contribution in [0.1, 0.15) is 38.2 Å². The van der Waals surface area contributed by atoms with E-state index in [9.17, 15) is 4.79 Å². The van der Waals surface area contributed by atoms with Crippen LogP contribution in [0.4, 0.5) is 0 Å². The second kappa shape index (κ2) is 11.1. The molecule has 0 spiro atoms. The van der Waals surface area contributed by atoms with Gasteiger partial charge in [0.1, 0.15) is 0 Å². The van der Waals surface area contributed by atoms with Gasteiger partial charge in [-0.1, -0.05) is 18.0 Å². The molecule has 0 aliphatic carbocycles. The van der Waals surface area contributed by atoms with Crippen molar-refractivity contribution in [1.82, 2.24) is 10.2 Å². The van der Waals surface area contributed by atoms with E-state index in [0.29, 0.717) is 29.7 Å². The Balaban J connectivity index is 1.81. The summed E-state index contributed by atoms with van der Waals surface area (Å²) in [5.41, 5.74) is 0.794. The van der Waals surface area contributed by atoms with Crippen LogP contribution in [0.15, 0.2) is 18.2 Å². The number of hydrogen-bond donors (Lipinski definition) is 1. The molecule has 0 unspecified atom stereocenters. The minimum absolute atomic E-state index is 0.103. The molecule has 1 amide bonds. The minimum Gasteiger partial charge on any atom is -0.491 e. The fourth-order valence-corrected chi connectivity index (χ4v) is 3.37. The summed E-state index contributed by atoms with van der Waals surface area (Å²) in [5.74, 6) is 0.977. The summed E-state index contributed by atoms with van der Waals surface area (Å²) in [5, 5.41) is 3.39. The molecule has 0 radical (unpaired) electrons. The van der Waals surface area contributed by atoms with Crippen molar-refractivity contribution >= 4 is 23.6 Å². The highest BCUT2D eigenvalue weighted by Crippen LogP contribution is 2.36. The monoisotopic (exact) mass is 380 g/mol. The van der Waals surface area contributed by atoms with Gasteiger partial charge in [-0.2, -0.15) is 0 Å². The lowest BCUT2D eigenvalue weighted by Gasteiger charge is -2.26. The van der Waals surface area contributed by atoms with Crippen LogP contribution in [0.5, 0.6) is 11.5 Å². The number of hydrogen-bond acceptors (Lipinski definition) is 4. The normalized spacial score (nSPS) is 15.2. The first-order chi connectivity index (χ1) is 12.6. The molecular weight excluding hydrogens is 352 g/mol. The zero-order valence-corrected chi connectivity index (χ0v) is 16.5. The number of nitrogens with zero attached hydrogens (tertiary/aromatic N) is 1. The maximum Gasteiger partial charge on any atom is 0.243 e. The third kappa shape index (κ3) is 6.54. The highest BCUT2D eigenvalue weighted by molar-refractivity contribution is 6.32. The maximum absolute atomic E-state index is 12.0. The van der Waals surface area contributed by atoms with E-state index in [1.54, 1.807) is 19.3 Å². The van der Waals surface area contributed by atoms with Crippen molar-refractivity contribution < 1.29 is 14.3 Å². The van der Waals surface area contributed by atoms with Crippen molar-refractivity contribution in [3.05, 3.63) is 28.8 Å². The molecule has 1 heterocycles. The van der Waals surface area contributed by atoms with E-state index in [1.807, 2.05) is 13.0 Å². The predicted octanol–water partition coefficient (Wildman–Crippen LogP) is 3.75. The van der Waals surface area contributed by atoms with Gasteiger partial charge in [-0.3, -0.25) is 4.79 Å². The Labute approximate surface area is 161 Å². The molecule has 26 heavy (non-hydrogen) atoms. The fraction of sp³-hybridized carbons (Fsp3) is 0.550. The average molecular weight is 381 g/mol. The van der Waals surface area contributed by atoms with E-state index in [-0.39, 0.29) is 5.91 Å². The van der Waals surface area contributed by atoms with Crippen LogP contribution >= 0.6 is 11.6 Å². The summed E-state index contributed by atoms with van der Waals surface area (Å²) < 4.78 is 10.8. The van der Waals surface area contributed by atoms with Crippen LogP contribution in [0.2, 0.25) is 5.02 Å². The molecule has 6 heteroatoms. The Morgan fingerprint density at radius 3 is 2.77 bits per heavy atom. The molecular formula is C20H29ClN2O3. The number of ether oxygens (including phenoxy) is 2. The van der Waals surface area contributed by atoms with Gasteiger partial charge in [-0.05, 0) is 69.6 Å². The number of likely N-dealkylation sites (tertiary alicyclic amines) is 1. The second-order valence-corrected chi connectivity index (χ2v) is 6.75. The number of carbonyl (C=O) groups is 1. The first-order valence-corrected chi connectivity index (χ1v) is 9.70. The highest BCUT2D eigenvalue weighted by atomic mass is 35.5. The average Bonchev–Trinajstić information content (AvgIpc) is 2.64. The van der Waals surface area contributed by atoms with Crippen LogP contribution in [0.3, 0.4) is 0 Å². The SMILES string of the molecule is CCOc1cc(/C=C/C(=O)NCCCN2CCCCC2)cc(Cl)c1OC. The number of methoxy groups -OCH3 is 1. The van der Waals surface area contributed by atoms with Crippen LogP contribution in [0.25, 0.3) is 6.08 Å². The number of halogens is 1. The van der Waals surface area contributed by atoms with Crippen LogP contribution in [-0.4, -0.2) is 50.7 Å². The number of amides is 1. The first kappa shape index (κ1) is 20.6. The molecule has 1 aromatic rings. The van der Waals surface area contributed by atoms with Gasteiger partial charge >= 0.3 is 0 Å². The number of piperidine rings is 1. The Hall–Kier alpha value is -1.72. The molecule has 1 aromatic carbocycles. The van der Waals surface area contributed by atoms with Crippen molar-refractivity contribution in [2.75, 3.05) is 39.9 Å². The summed E-state index contributed by atoms with van der Waals surface area (Å²) in [6.45, 7) is 6.52. The van der Waals surface area contributed by atoms with Crippen molar-refractivity contribution in [3.63, 3.8) is 0 Å². The first-order valence-electron chi connectivity index (χ1n) is 9.32. The Bertz CT molecular complexity index is 613. The summed E-state index contributed by atoms with van der Waals surface area (Å²) in [7, 11) is 1.55. The zero-order valence-electron chi connectivity index (χ0n) is 15.7. The van der Waals surface area contributed by atoms with E-state index < -0.39 is 0 Å². The highest BCUT2D eigenvalue weighted by Gasteiger charge is 2.11. The molecule has 0 bridgehead atoms. The molecule has 0 atom stereocenters. The standard InChI is InChI=1S/C20H29ClN2O3/c1-3-26-18-15-16(14-17(21)20(18)25-2)8-9-19(24)22-10-7-13-23-11-5-4-6-12-23/h8-9,14-15H,3-7,10-13H2,1-2H3,(H,22,24)/b9-8+. The Morgan fingerprint density at radius 2 is 2.08 bits per heavy atom. The molecule has 1 fully saturated rings. The van der Waals surface area contributed by atoms with Crippen molar-refractivity contribution in [2.24, 2.45) is 0 Å². The molecule has 1 aliphatic rings. The number of rotatable bonds is 9. The molecule has 1 N–H and O–H groups in total. The molecule has 2 rings (SSSR count). The molecule has 1 aliphatic heterocycles. The second-order valence-electron chi connectivity index (χ2n) is 6.35. The van der Waals surface area contributed by atoms with E-state index in [2.05, 4.69) is 10.2 Å². The van der Waals surface area contributed by atoms with E-state index >= 15 is 0 Å². The van der Waals surface area contributed by atoms with E-state index in [1.165, 1.54) is 38.4 Å². The third-order valence-corrected chi connectivity index (χ3v) is 4.64. The minimum atomic E-state index is -0.103. The molecule has 1 saturated heterocycles. The molecule has 0 aromatic heterocycles. The van der Waals surface area contributed by atoms with Gasteiger partial charge in [0.05, 0.1) is 18.7 Å². The fourth-order valence-electron chi connectivity index (χ4n) is 3.07. The van der Waals surface area contributed by atoms with Gasteiger partial charge in [0.15, 0.2) is 11.5 Å². The quantitative estimate of drug-likeness (QED) is 0.523. The Morgan fingerprint density at radius 1 is 1.31 bits per heavy atom. The summed E-state index contributed by atoms with van der Waals surface area (Å²) in [6, 6.07) is 3.57. The predicted molar refractivity (Wildman–Crippen MR) is 106 cm³/mol. The third-order valence-electron chi connectivity index (χ3n) is 4.36. The van der Waals surface area contributed by atoms with Gasteiger partial charge in [0.2, 0.25) is 5.91 Å². The topological polar surface area (TPSA) is 50.8 Å². The molecule has 0 saturated carbocycles. The summed E-state index contributed by atoms with van der Waals surface area (Å²) in [6.07, 6.45) is 8.16. The number of benzene rings is 1. The number of nitrogens with one attached hydrogen (secondary N) is 1. The zero-order chi connectivity index (χ0) is 18.8. The summed E-state index contributed by atoms with van der Waals surface area (Å²) >= 11 is 6.22. The maximum atomic E-state index is 12.0. The van der Waals surface area contributed by atoms with Crippen LogP contribution < -0.4 is 14.8 Å². The van der Waals surface area contributed by atoms with Gasteiger partial charge in [0, 0.05) is 12.6 Å². The number of carbonyl (C=O) groups excluding carboxylic acids is 1. The lowest BCUT2D eigenvalue weighted by atomic mass is 10.1. The molecule has 144 valence electrons. The van der Waals surface area contributed by atoms with Gasteiger partial charge in [0.25, 0.3) is 0 Å². The van der Waals surface area contributed by atoms with Gasteiger partial charge in [-0.15, -0.1) is 0 Å². The Kier molecular flexibility index (Phi) is 8.78. The van der Waals surface area contributed by atoms with Crippen LogP contribution in [0, 0.1) is 0 Å². The van der Waals surface area contributed by atoms with E-state index in [4.69, 9.17) is 21.1 Å². The molecule has 5 nitrogen and oxygen atoms in total. The van der Waals surface area contributed by atoms with Crippen molar-refractivity contribution in [3.8, 4) is 11.5 Å². The van der Waals surface area contributed by atoms with Crippen molar-refractivity contribution in [2.45, 2.75) is 32.6 Å². The van der Waals surface area contributed by atoms with Crippen molar-refractivity contribution in [1.29, 1.82) is 0 Å². The van der Waals surface area contributed by atoms with Gasteiger partial charge in [-0.25, -0.2) is 0 Å².